The number of aromatic hydroxyl groups is 1. The van der Waals surface area contributed by atoms with E-state index in [0.717, 1.165) is 22.0 Å². The van der Waals surface area contributed by atoms with E-state index in [1.807, 2.05) is 6.07 Å². The van der Waals surface area contributed by atoms with Crippen LogP contribution in [0.2, 0.25) is 0 Å². The smallest absolute Gasteiger partial charge is 0.338 e. The Hall–Kier alpha value is -3.41. The Kier molecular flexibility index (Phi) is 4.88. The SMILES string of the molecule is CC(C)c1ccc2c(c1)C(=O)OC1(CCN(C(=O)c3cnc4ccc(O)cc4c3)CC1)C2. The van der Waals surface area contributed by atoms with Gasteiger partial charge >= 0.3 is 5.97 Å². The lowest BCUT2D eigenvalue weighted by atomic mass is 9.80. The summed E-state index contributed by atoms with van der Waals surface area (Å²) in [6.07, 6.45) is 3.48. The largest absolute Gasteiger partial charge is 0.508 e. The van der Waals surface area contributed by atoms with Crippen molar-refractivity contribution in [3.8, 4) is 5.75 Å². The van der Waals surface area contributed by atoms with Gasteiger partial charge in [0.05, 0.1) is 16.6 Å². The molecule has 1 saturated heterocycles. The second-order valence-electron chi connectivity index (χ2n) is 9.21. The zero-order valence-electron chi connectivity index (χ0n) is 18.3. The van der Waals surface area contributed by atoms with Crippen molar-refractivity contribution in [2.45, 2.75) is 44.6 Å². The number of carbonyl (C=O) groups is 2. The monoisotopic (exact) mass is 430 g/mol. The number of likely N-dealkylation sites (tertiary alicyclic amines) is 1. The third kappa shape index (κ3) is 3.60. The van der Waals surface area contributed by atoms with Gasteiger partial charge in [-0.05, 0) is 47.4 Å². The van der Waals surface area contributed by atoms with Gasteiger partial charge in [0.1, 0.15) is 11.4 Å². The maximum absolute atomic E-state index is 13.1. The highest BCUT2D eigenvalue weighted by Gasteiger charge is 2.43. The number of pyridine rings is 1. The summed E-state index contributed by atoms with van der Waals surface area (Å²) in [6.45, 7) is 5.25. The number of ether oxygens (including phenoxy) is 1. The van der Waals surface area contributed by atoms with Crippen molar-refractivity contribution in [2.24, 2.45) is 0 Å². The molecule has 0 radical (unpaired) electrons. The minimum absolute atomic E-state index is 0.0956. The molecule has 2 aliphatic heterocycles. The van der Waals surface area contributed by atoms with Crippen LogP contribution in [0.3, 0.4) is 0 Å². The molecule has 1 spiro atoms. The van der Waals surface area contributed by atoms with E-state index < -0.39 is 5.60 Å². The Balaban J connectivity index is 1.31. The van der Waals surface area contributed by atoms with Crippen molar-refractivity contribution in [3.05, 3.63) is 70.9 Å². The summed E-state index contributed by atoms with van der Waals surface area (Å²) in [5, 5.41) is 10.4. The van der Waals surface area contributed by atoms with Crippen LogP contribution in [0.15, 0.2) is 48.7 Å². The first-order chi connectivity index (χ1) is 15.3. The number of benzene rings is 2. The number of esters is 1. The van der Waals surface area contributed by atoms with Crippen molar-refractivity contribution >= 4 is 22.8 Å². The number of amides is 1. The fraction of sp³-hybridized carbons (Fsp3) is 0.346. The van der Waals surface area contributed by atoms with Crippen LogP contribution in [0, 0.1) is 0 Å². The predicted molar refractivity (Wildman–Crippen MR) is 121 cm³/mol. The number of phenols is 1. The van der Waals surface area contributed by atoms with Gasteiger partial charge in [-0.15, -0.1) is 0 Å². The number of piperidine rings is 1. The molecule has 0 unspecified atom stereocenters. The van der Waals surface area contributed by atoms with Crippen LogP contribution in [0.4, 0.5) is 0 Å². The van der Waals surface area contributed by atoms with E-state index in [-0.39, 0.29) is 17.6 Å². The van der Waals surface area contributed by atoms with Crippen molar-refractivity contribution < 1.29 is 19.4 Å². The molecule has 32 heavy (non-hydrogen) atoms. The average Bonchev–Trinajstić information content (AvgIpc) is 2.78. The molecule has 6 nitrogen and oxygen atoms in total. The number of carbonyl (C=O) groups excluding carboxylic acids is 2. The molecule has 164 valence electrons. The van der Waals surface area contributed by atoms with Crippen LogP contribution in [0.5, 0.6) is 5.75 Å². The molecule has 2 aromatic carbocycles. The molecule has 1 fully saturated rings. The highest BCUT2D eigenvalue weighted by atomic mass is 16.6. The molecule has 0 saturated carbocycles. The Bertz CT molecular complexity index is 1230. The number of hydrogen-bond acceptors (Lipinski definition) is 5. The lowest BCUT2D eigenvalue weighted by Gasteiger charge is -2.43. The minimum atomic E-state index is -0.548. The number of aromatic nitrogens is 1. The van der Waals surface area contributed by atoms with Gasteiger partial charge < -0.3 is 14.7 Å². The van der Waals surface area contributed by atoms with E-state index in [0.29, 0.717) is 49.4 Å². The Morgan fingerprint density at radius 3 is 2.66 bits per heavy atom. The highest BCUT2D eigenvalue weighted by molar-refractivity contribution is 5.97. The highest BCUT2D eigenvalue weighted by Crippen LogP contribution is 2.37. The number of nitrogens with zero attached hydrogens (tertiary/aromatic N) is 2. The molecule has 1 aromatic heterocycles. The topological polar surface area (TPSA) is 79.7 Å². The van der Waals surface area contributed by atoms with Crippen LogP contribution in [0.1, 0.15) is 64.4 Å². The Labute approximate surface area is 186 Å². The number of fused-ring (bicyclic) bond motifs is 2. The summed E-state index contributed by atoms with van der Waals surface area (Å²) in [4.78, 5) is 32.0. The second kappa shape index (κ2) is 7.62. The van der Waals surface area contributed by atoms with E-state index in [2.05, 4.69) is 31.0 Å². The van der Waals surface area contributed by atoms with Crippen molar-refractivity contribution in [1.29, 1.82) is 0 Å². The Morgan fingerprint density at radius 1 is 1.12 bits per heavy atom. The molecule has 3 aromatic rings. The van der Waals surface area contributed by atoms with Gasteiger partial charge in [-0.3, -0.25) is 9.78 Å². The molecule has 0 bridgehead atoms. The van der Waals surface area contributed by atoms with Crippen LogP contribution >= 0.6 is 0 Å². The van der Waals surface area contributed by atoms with E-state index in [4.69, 9.17) is 4.74 Å². The summed E-state index contributed by atoms with van der Waals surface area (Å²) >= 11 is 0. The molecular weight excluding hydrogens is 404 g/mol. The summed E-state index contributed by atoms with van der Waals surface area (Å²) in [5.41, 5.74) is 3.51. The van der Waals surface area contributed by atoms with Gasteiger partial charge in [-0.25, -0.2) is 4.79 Å². The molecule has 1 amide bonds. The zero-order valence-corrected chi connectivity index (χ0v) is 18.3. The molecule has 2 aliphatic rings. The standard InChI is InChI=1S/C26H26N2O4/c1-16(2)17-3-4-18-14-26(32-25(31)22(18)13-17)7-9-28(10-8-26)24(30)20-11-19-12-21(29)5-6-23(19)27-15-20/h3-6,11-13,15-16,29H,7-10,14H2,1-2H3. The lowest BCUT2D eigenvalue weighted by Crippen LogP contribution is -2.51. The summed E-state index contributed by atoms with van der Waals surface area (Å²) in [7, 11) is 0. The van der Waals surface area contributed by atoms with Gasteiger partial charge in [0.2, 0.25) is 0 Å². The minimum Gasteiger partial charge on any atom is -0.508 e. The third-order valence-electron chi connectivity index (χ3n) is 6.72. The normalized spacial score (nSPS) is 17.5. The molecular formula is C26H26N2O4. The quantitative estimate of drug-likeness (QED) is 0.608. The first kappa shape index (κ1) is 20.5. The summed E-state index contributed by atoms with van der Waals surface area (Å²) in [6, 6.07) is 12.8. The molecule has 0 aliphatic carbocycles. The van der Waals surface area contributed by atoms with Gasteiger partial charge in [0.15, 0.2) is 0 Å². The van der Waals surface area contributed by atoms with Crippen LogP contribution < -0.4 is 0 Å². The number of hydrogen-bond donors (Lipinski definition) is 1. The Morgan fingerprint density at radius 2 is 1.91 bits per heavy atom. The number of phenolic OH excluding ortho intramolecular Hbond substituents is 1. The van der Waals surface area contributed by atoms with Gasteiger partial charge in [0, 0.05) is 43.9 Å². The van der Waals surface area contributed by atoms with Crippen molar-refractivity contribution in [1.82, 2.24) is 9.88 Å². The molecule has 1 N–H and O–H groups in total. The third-order valence-corrected chi connectivity index (χ3v) is 6.72. The van der Waals surface area contributed by atoms with Crippen LogP contribution in [-0.4, -0.2) is 45.6 Å². The maximum Gasteiger partial charge on any atom is 0.338 e. The van der Waals surface area contributed by atoms with Gasteiger partial charge in [-0.1, -0.05) is 26.0 Å². The fourth-order valence-corrected chi connectivity index (χ4v) is 4.75. The summed E-state index contributed by atoms with van der Waals surface area (Å²) < 4.78 is 5.96. The maximum atomic E-state index is 13.1. The molecule has 6 heteroatoms. The summed E-state index contributed by atoms with van der Waals surface area (Å²) in [5.74, 6) is 0.143. The van der Waals surface area contributed by atoms with E-state index in [1.165, 1.54) is 0 Å². The molecule has 5 rings (SSSR count). The first-order valence-electron chi connectivity index (χ1n) is 11.1. The van der Waals surface area contributed by atoms with Gasteiger partial charge in [-0.2, -0.15) is 0 Å². The average molecular weight is 431 g/mol. The van der Waals surface area contributed by atoms with Crippen molar-refractivity contribution in [2.75, 3.05) is 13.1 Å². The molecule has 3 heterocycles. The second-order valence-corrected chi connectivity index (χ2v) is 9.21. The lowest BCUT2D eigenvalue weighted by molar-refractivity contribution is -0.0527. The number of rotatable bonds is 2. The predicted octanol–water partition coefficient (Wildman–Crippen LogP) is 4.45. The van der Waals surface area contributed by atoms with Crippen molar-refractivity contribution in [3.63, 3.8) is 0 Å². The van der Waals surface area contributed by atoms with E-state index >= 15 is 0 Å². The van der Waals surface area contributed by atoms with Crippen LogP contribution in [0.25, 0.3) is 10.9 Å². The first-order valence-corrected chi connectivity index (χ1v) is 11.1. The van der Waals surface area contributed by atoms with E-state index in [1.54, 1.807) is 35.4 Å². The molecule has 0 atom stereocenters. The van der Waals surface area contributed by atoms with E-state index in [9.17, 15) is 14.7 Å². The fourth-order valence-electron chi connectivity index (χ4n) is 4.75. The van der Waals surface area contributed by atoms with Gasteiger partial charge in [0.25, 0.3) is 5.91 Å². The zero-order chi connectivity index (χ0) is 22.5. The van der Waals surface area contributed by atoms with Crippen LogP contribution in [-0.2, 0) is 11.2 Å².